The van der Waals surface area contributed by atoms with Gasteiger partial charge in [-0.15, -0.1) is 0 Å². The van der Waals surface area contributed by atoms with E-state index in [0.29, 0.717) is 36.3 Å². The summed E-state index contributed by atoms with van der Waals surface area (Å²) >= 11 is 0. The van der Waals surface area contributed by atoms with Crippen molar-refractivity contribution in [3.05, 3.63) is 64.2 Å². The molecule has 6 atom stereocenters. The summed E-state index contributed by atoms with van der Waals surface area (Å²) in [5, 5.41) is 22.4. The standard InChI is InChI=1S/C32H38O5/c1-4-37-29(35)31(19(2)33)17-21-5-7-23(15-22(21)18-31)32(36)14-12-28-27-9-6-20-16-24(34)8-10-25(20)26(27)11-13-30(28,32)3/h5,7-8,10,15-16,26-28,34,36H,4,6,9,11-14,17-18H2,1-3H3/t26-,27-,28+,30+,31?,32-/m1/s1. The van der Waals surface area contributed by atoms with E-state index in [1.165, 1.54) is 18.1 Å². The monoisotopic (exact) mass is 502 g/mol. The average Bonchev–Trinajstić information content (AvgIpc) is 3.40. The summed E-state index contributed by atoms with van der Waals surface area (Å²) in [6, 6.07) is 12.0. The van der Waals surface area contributed by atoms with Gasteiger partial charge in [0.05, 0.1) is 12.2 Å². The van der Waals surface area contributed by atoms with Crippen molar-refractivity contribution in [1.82, 2.24) is 0 Å². The smallest absolute Gasteiger partial charge is 0.320 e. The Morgan fingerprint density at radius 1 is 1.00 bits per heavy atom. The van der Waals surface area contributed by atoms with Crippen molar-refractivity contribution in [3.8, 4) is 5.75 Å². The Hall–Kier alpha value is -2.66. The second kappa shape index (κ2) is 8.42. The predicted octanol–water partition coefficient (Wildman–Crippen LogP) is 5.37. The quantitative estimate of drug-likeness (QED) is 0.434. The van der Waals surface area contributed by atoms with E-state index in [1.807, 2.05) is 24.3 Å². The zero-order chi connectivity index (χ0) is 26.2. The molecule has 0 spiro atoms. The fourth-order valence-electron chi connectivity index (χ4n) is 8.80. The lowest BCUT2D eigenvalue weighted by atomic mass is 9.52. The van der Waals surface area contributed by atoms with Crippen LogP contribution >= 0.6 is 0 Å². The number of aromatic hydroxyl groups is 1. The molecule has 37 heavy (non-hydrogen) atoms. The lowest BCUT2D eigenvalue weighted by Crippen LogP contribution is -2.49. The number of aryl methyl sites for hydroxylation is 1. The maximum absolute atomic E-state index is 12.9. The number of hydrogen-bond donors (Lipinski definition) is 2. The Balaban J connectivity index is 1.31. The van der Waals surface area contributed by atoms with Crippen LogP contribution in [0.4, 0.5) is 0 Å². The number of phenols is 1. The Morgan fingerprint density at radius 2 is 1.78 bits per heavy atom. The molecule has 4 aliphatic rings. The van der Waals surface area contributed by atoms with Crippen molar-refractivity contribution in [2.24, 2.45) is 22.7 Å². The summed E-state index contributed by atoms with van der Waals surface area (Å²) in [4.78, 5) is 25.5. The molecule has 1 unspecified atom stereocenters. The second-order valence-electron chi connectivity index (χ2n) is 12.3. The largest absolute Gasteiger partial charge is 0.508 e. The third-order valence-corrected chi connectivity index (χ3v) is 10.9. The highest BCUT2D eigenvalue weighted by Gasteiger charge is 2.62. The molecule has 196 valence electrons. The topological polar surface area (TPSA) is 83.8 Å². The minimum absolute atomic E-state index is 0.153. The molecule has 2 aromatic carbocycles. The molecule has 4 aliphatic carbocycles. The van der Waals surface area contributed by atoms with Crippen molar-refractivity contribution in [2.75, 3.05) is 6.61 Å². The van der Waals surface area contributed by atoms with Gasteiger partial charge in [-0.2, -0.15) is 0 Å². The SMILES string of the molecule is CCOC(=O)C1(C(C)=O)Cc2ccc([C@]3(O)CC[C@H]4[C@@H]5CCc6cc(O)ccc6[C@H]5CC[C@@]43C)cc2C1. The van der Waals surface area contributed by atoms with Gasteiger partial charge in [0.15, 0.2) is 0 Å². The van der Waals surface area contributed by atoms with Gasteiger partial charge < -0.3 is 14.9 Å². The number of ketones is 1. The molecule has 5 nitrogen and oxygen atoms in total. The molecule has 2 fully saturated rings. The lowest BCUT2D eigenvalue weighted by Gasteiger charge is -2.53. The maximum Gasteiger partial charge on any atom is 0.320 e. The molecule has 2 N–H and O–H groups in total. The molecule has 0 bridgehead atoms. The van der Waals surface area contributed by atoms with E-state index < -0.39 is 17.0 Å². The molecule has 6 rings (SSSR count). The molecular weight excluding hydrogens is 464 g/mol. The first-order valence-corrected chi connectivity index (χ1v) is 14.0. The number of esters is 1. The van der Waals surface area contributed by atoms with Gasteiger partial charge in [0.1, 0.15) is 16.9 Å². The number of hydrogen-bond acceptors (Lipinski definition) is 5. The predicted molar refractivity (Wildman–Crippen MR) is 140 cm³/mol. The van der Waals surface area contributed by atoms with Crippen LogP contribution < -0.4 is 0 Å². The number of phenolic OH excluding ortho intramolecular Hbond substituents is 1. The highest BCUT2D eigenvalue weighted by Crippen LogP contribution is 2.67. The van der Waals surface area contributed by atoms with Crippen LogP contribution in [0.1, 0.15) is 86.6 Å². The summed E-state index contributed by atoms with van der Waals surface area (Å²) in [7, 11) is 0. The molecule has 0 amide bonds. The van der Waals surface area contributed by atoms with Gasteiger partial charge in [-0.25, -0.2) is 0 Å². The summed E-state index contributed by atoms with van der Waals surface area (Å²) in [6.07, 6.45) is 6.51. The maximum atomic E-state index is 12.9. The van der Waals surface area contributed by atoms with Gasteiger partial charge in [-0.1, -0.05) is 31.2 Å². The molecule has 2 aromatic rings. The van der Waals surface area contributed by atoms with Gasteiger partial charge >= 0.3 is 5.97 Å². The van der Waals surface area contributed by atoms with E-state index in [-0.39, 0.29) is 17.8 Å². The number of ether oxygens (including phenoxy) is 1. The molecule has 5 heteroatoms. The number of Topliss-reactive ketones (excluding diaryl/α,β-unsaturated/α-hetero) is 1. The first-order chi connectivity index (χ1) is 17.6. The highest BCUT2D eigenvalue weighted by atomic mass is 16.5. The minimum atomic E-state index is -1.15. The third kappa shape index (κ3) is 3.39. The first-order valence-electron chi connectivity index (χ1n) is 14.0. The van der Waals surface area contributed by atoms with E-state index in [2.05, 4.69) is 19.1 Å². The van der Waals surface area contributed by atoms with E-state index in [1.54, 1.807) is 6.92 Å². The molecular formula is C32H38O5. The van der Waals surface area contributed by atoms with E-state index in [4.69, 9.17) is 4.74 Å². The highest BCUT2D eigenvalue weighted by molar-refractivity contribution is 6.04. The fourth-order valence-corrected chi connectivity index (χ4v) is 8.80. The van der Waals surface area contributed by atoms with Crippen LogP contribution in [0, 0.1) is 22.7 Å². The fraction of sp³-hybridized carbons (Fsp3) is 0.562. The Bertz CT molecular complexity index is 1280. The zero-order valence-electron chi connectivity index (χ0n) is 22.2. The minimum Gasteiger partial charge on any atom is -0.508 e. The Kier molecular flexibility index (Phi) is 5.61. The van der Waals surface area contributed by atoms with E-state index in [9.17, 15) is 19.8 Å². The molecule has 0 radical (unpaired) electrons. The Morgan fingerprint density at radius 3 is 2.54 bits per heavy atom. The molecule has 0 aromatic heterocycles. The lowest BCUT2D eigenvalue weighted by molar-refractivity contribution is -0.159. The number of carbonyl (C=O) groups excluding carboxylic acids is 2. The average molecular weight is 503 g/mol. The van der Waals surface area contributed by atoms with Crippen molar-refractivity contribution in [1.29, 1.82) is 0 Å². The van der Waals surface area contributed by atoms with Crippen LogP contribution in [0.15, 0.2) is 36.4 Å². The summed E-state index contributed by atoms with van der Waals surface area (Å²) < 4.78 is 5.32. The number of fused-ring (bicyclic) bond motifs is 6. The van der Waals surface area contributed by atoms with Crippen LogP contribution in [-0.2, 0) is 39.2 Å². The second-order valence-corrected chi connectivity index (χ2v) is 12.3. The van der Waals surface area contributed by atoms with Crippen molar-refractivity contribution in [3.63, 3.8) is 0 Å². The van der Waals surface area contributed by atoms with E-state index in [0.717, 1.165) is 55.2 Å². The molecule has 0 saturated heterocycles. The van der Waals surface area contributed by atoms with Crippen LogP contribution in [0.5, 0.6) is 5.75 Å². The van der Waals surface area contributed by atoms with Gasteiger partial charge in [0, 0.05) is 5.41 Å². The van der Waals surface area contributed by atoms with Crippen molar-refractivity contribution < 1.29 is 24.5 Å². The van der Waals surface area contributed by atoms with E-state index >= 15 is 0 Å². The number of aliphatic hydroxyl groups is 1. The van der Waals surface area contributed by atoms with Gasteiger partial charge in [-0.05, 0) is 123 Å². The van der Waals surface area contributed by atoms with Crippen LogP contribution in [0.3, 0.4) is 0 Å². The van der Waals surface area contributed by atoms with Crippen molar-refractivity contribution >= 4 is 11.8 Å². The summed E-state index contributed by atoms with van der Waals surface area (Å²) in [5.74, 6) is 1.22. The van der Waals surface area contributed by atoms with Crippen LogP contribution in [0.25, 0.3) is 0 Å². The van der Waals surface area contributed by atoms with Crippen LogP contribution in [-0.4, -0.2) is 28.6 Å². The number of benzene rings is 2. The van der Waals surface area contributed by atoms with Gasteiger partial charge in [0.2, 0.25) is 0 Å². The summed E-state index contributed by atoms with van der Waals surface area (Å²) in [6.45, 7) is 5.80. The third-order valence-electron chi connectivity index (χ3n) is 10.9. The molecule has 0 aliphatic heterocycles. The summed E-state index contributed by atoms with van der Waals surface area (Å²) in [5.41, 5.74) is 3.29. The number of carbonyl (C=O) groups is 2. The van der Waals surface area contributed by atoms with Gasteiger partial charge in [0.25, 0.3) is 0 Å². The molecule has 0 heterocycles. The normalized spacial score (nSPS) is 35.7. The van der Waals surface area contributed by atoms with Gasteiger partial charge in [-0.3, -0.25) is 9.59 Å². The zero-order valence-corrected chi connectivity index (χ0v) is 22.2. The van der Waals surface area contributed by atoms with Crippen molar-refractivity contribution in [2.45, 2.75) is 83.7 Å². The number of rotatable bonds is 4. The van der Waals surface area contributed by atoms with Crippen LogP contribution in [0.2, 0.25) is 0 Å². The first kappa shape index (κ1) is 24.7. The Labute approximate surface area is 219 Å². The molecule has 2 saturated carbocycles.